The lowest BCUT2D eigenvalue weighted by molar-refractivity contribution is -0.143. The molecule has 0 amide bonds. The number of nitrogens with two attached hydrogens (primary N) is 1. The van der Waals surface area contributed by atoms with E-state index in [1.807, 2.05) is 4.90 Å². The van der Waals surface area contributed by atoms with Crippen LogP contribution >= 0.6 is 0 Å². The van der Waals surface area contributed by atoms with Gasteiger partial charge in [-0.05, 0) is 37.5 Å². The molecule has 1 aromatic carbocycles. The zero-order chi connectivity index (χ0) is 25.3. The van der Waals surface area contributed by atoms with Gasteiger partial charge in [0.05, 0.1) is 29.3 Å². The molecule has 0 bridgehead atoms. The zero-order valence-electron chi connectivity index (χ0n) is 18.2. The van der Waals surface area contributed by atoms with Crippen LogP contribution < -0.4 is 11.1 Å². The van der Waals surface area contributed by atoms with Gasteiger partial charge in [0, 0.05) is 37.1 Å². The van der Waals surface area contributed by atoms with Crippen LogP contribution in [0.5, 0.6) is 0 Å². The van der Waals surface area contributed by atoms with Crippen molar-refractivity contribution in [2.24, 2.45) is 5.73 Å². The molecule has 2 fully saturated rings. The summed E-state index contributed by atoms with van der Waals surface area (Å²) >= 11 is 0. The summed E-state index contributed by atoms with van der Waals surface area (Å²) in [5, 5.41) is 12.0. The number of carbonyl (C=O) groups is 1. The van der Waals surface area contributed by atoms with Gasteiger partial charge in [0.15, 0.2) is 0 Å². The van der Waals surface area contributed by atoms with Gasteiger partial charge in [-0.2, -0.15) is 31.6 Å². The number of aldehydes is 1. The number of likely N-dealkylation sites (tertiary alicyclic amines) is 2. The van der Waals surface area contributed by atoms with Crippen molar-refractivity contribution in [2.45, 2.75) is 55.8 Å². The molecule has 0 aromatic heterocycles. The van der Waals surface area contributed by atoms with Crippen molar-refractivity contribution in [1.29, 1.82) is 5.26 Å². The van der Waals surface area contributed by atoms with E-state index < -0.39 is 41.6 Å². The molecule has 6 nitrogen and oxygen atoms in total. The molecule has 34 heavy (non-hydrogen) atoms. The summed E-state index contributed by atoms with van der Waals surface area (Å²) in [6.07, 6.45) is -7.51. The third-order valence-corrected chi connectivity index (χ3v) is 6.20. The fourth-order valence-electron chi connectivity index (χ4n) is 4.48. The molecule has 0 aliphatic carbocycles. The molecule has 3 rings (SSSR count). The molecule has 2 saturated heterocycles. The third-order valence-electron chi connectivity index (χ3n) is 6.20. The number of nitrogens with one attached hydrogen (secondary N) is 1. The largest absolute Gasteiger partial charge is 0.416 e. The van der Waals surface area contributed by atoms with Gasteiger partial charge in [-0.15, -0.1) is 0 Å². The van der Waals surface area contributed by atoms with Gasteiger partial charge in [0.1, 0.15) is 12.3 Å². The molecular weight excluding hydrogens is 464 g/mol. The van der Waals surface area contributed by atoms with Crippen LogP contribution in [0.1, 0.15) is 30.4 Å². The highest BCUT2D eigenvalue weighted by molar-refractivity contribution is 5.59. The minimum Gasteiger partial charge on any atom is -0.381 e. The van der Waals surface area contributed by atoms with Crippen molar-refractivity contribution in [1.82, 2.24) is 9.80 Å². The molecule has 2 aliphatic rings. The molecule has 12 heteroatoms. The Morgan fingerprint density at radius 3 is 2.38 bits per heavy atom. The maximum atomic E-state index is 13.1. The smallest absolute Gasteiger partial charge is 0.381 e. The van der Waals surface area contributed by atoms with Gasteiger partial charge in [0.25, 0.3) is 0 Å². The molecule has 2 aliphatic heterocycles. The highest BCUT2D eigenvalue weighted by atomic mass is 19.4. The summed E-state index contributed by atoms with van der Waals surface area (Å²) in [6.45, 7) is 5.01. The molecule has 0 saturated carbocycles. The molecule has 1 aromatic rings. The van der Waals surface area contributed by atoms with E-state index in [9.17, 15) is 36.4 Å². The topological polar surface area (TPSA) is 85.4 Å². The van der Waals surface area contributed by atoms with Crippen LogP contribution in [0.3, 0.4) is 0 Å². The zero-order valence-corrected chi connectivity index (χ0v) is 18.2. The van der Waals surface area contributed by atoms with Crippen molar-refractivity contribution >= 4 is 12.0 Å². The Bertz CT molecular complexity index is 924. The first kappa shape index (κ1) is 25.8. The van der Waals surface area contributed by atoms with E-state index in [0.29, 0.717) is 37.1 Å². The predicted molar refractivity (Wildman–Crippen MR) is 112 cm³/mol. The quantitative estimate of drug-likeness (QED) is 0.450. The molecule has 3 N–H and O–H groups in total. The number of nitriles is 1. The van der Waals surface area contributed by atoms with E-state index in [1.54, 1.807) is 4.90 Å². The van der Waals surface area contributed by atoms with Gasteiger partial charge >= 0.3 is 12.4 Å². The minimum absolute atomic E-state index is 0.0673. The first-order valence-corrected chi connectivity index (χ1v) is 10.7. The lowest BCUT2D eigenvalue weighted by Crippen LogP contribution is -2.46. The number of carbonyl (C=O) groups excluding carboxylic acids is 1. The maximum absolute atomic E-state index is 13.1. The molecular formula is C22H25F6N5O. The van der Waals surface area contributed by atoms with Crippen molar-refractivity contribution in [3.8, 4) is 6.07 Å². The van der Waals surface area contributed by atoms with E-state index >= 15 is 0 Å². The number of hydrogen-bond acceptors (Lipinski definition) is 6. The van der Waals surface area contributed by atoms with Crippen LogP contribution in [0.25, 0.3) is 0 Å². The van der Waals surface area contributed by atoms with E-state index in [-0.39, 0.29) is 37.3 Å². The van der Waals surface area contributed by atoms with Gasteiger partial charge in [-0.3, -0.25) is 4.90 Å². The van der Waals surface area contributed by atoms with Crippen molar-refractivity contribution < 1.29 is 31.1 Å². The third kappa shape index (κ3) is 5.82. The molecule has 0 radical (unpaired) electrons. The van der Waals surface area contributed by atoms with E-state index in [0.717, 1.165) is 6.42 Å². The van der Waals surface area contributed by atoms with Crippen LogP contribution in [-0.2, 0) is 17.1 Å². The standard InChI is InChI=1S/C22H25F6N5O/c1-13(33-4-2-3-18(33)9-29)20(30)11-32-10-17(8-19(32)12-34)31-16-6-14(21(23,24)25)5-15(7-16)22(26,27)28/h5-7,12,17-20,31H,1-4,8,10-11,30H2/t17-,18?,19?,20?/m0/s1. The Morgan fingerprint density at radius 2 is 1.85 bits per heavy atom. The van der Waals surface area contributed by atoms with Crippen LogP contribution in [0, 0.1) is 11.3 Å². The number of halogens is 6. The Labute approximate surface area is 193 Å². The van der Waals surface area contributed by atoms with E-state index in [4.69, 9.17) is 5.73 Å². The summed E-state index contributed by atoms with van der Waals surface area (Å²) < 4.78 is 78.8. The summed E-state index contributed by atoms with van der Waals surface area (Å²) in [5.41, 5.74) is 3.66. The molecule has 0 spiro atoms. The average Bonchev–Trinajstić information content (AvgIpc) is 3.38. The fraction of sp³-hybridized carbons (Fsp3) is 0.545. The number of hydrogen-bond donors (Lipinski definition) is 2. The normalized spacial score (nSPS) is 24.6. The van der Waals surface area contributed by atoms with Crippen LogP contribution in [0.4, 0.5) is 32.0 Å². The highest BCUT2D eigenvalue weighted by Gasteiger charge is 2.38. The summed E-state index contributed by atoms with van der Waals surface area (Å²) in [7, 11) is 0. The van der Waals surface area contributed by atoms with Crippen LogP contribution in [-0.4, -0.2) is 59.9 Å². The molecule has 2 heterocycles. The molecule has 186 valence electrons. The second-order valence-electron chi connectivity index (χ2n) is 8.61. The summed E-state index contributed by atoms with van der Waals surface area (Å²) in [5.74, 6) is 0. The number of alkyl halides is 6. The van der Waals surface area contributed by atoms with Gasteiger partial charge in [-0.1, -0.05) is 6.58 Å². The first-order valence-electron chi connectivity index (χ1n) is 10.7. The van der Waals surface area contributed by atoms with Crippen molar-refractivity contribution in [3.63, 3.8) is 0 Å². The highest BCUT2D eigenvalue weighted by Crippen LogP contribution is 2.38. The number of rotatable bonds is 7. The molecule has 3 unspecified atom stereocenters. The van der Waals surface area contributed by atoms with Crippen LogP contribution in [0.15, 0.2) is 30.5 Å². The predicted octanol–water partition coefficient (Wildman–Crippen LogP) is 3.61. The average molecular weight is 489 g/mol. The lowest BCUT2D eigenvalue weighted by atomic mass is 10.1. The monoisotopic (exact) mass is 489 g/mol. The number of anilines is 1. The van der Waals surface area contributed by atoms with Crippen molar-refractivity contribution in [2.75, 3.05) is 25.0 Å². The Morgan fingerprint density at radius 1 is 1.24 bits per heavy atom. The first-order chi connectivity index (χ1) is 15.8. The summed E-state index contributed by atoms with van der Waals surface area (Å²) in [4.78, 5) is 15.2. The Hall–Kier alpha value is -2.78. The maximum Gasteiger partial charge on any atom is 0.416 e. The van der Waals surface area contributed by atoms with E-state index in [1.165, 1.54) is 0 Å². The Balaban J connectivity index is 1.72. The van der Waals surface area contributed by atoms with Crippen LogP contribution in [0.2, 0.25) is 0 Å². The second kappa shape index (κ2) is 9.84. The Kier molecular flexibility index (Phi) is 7.47. The van der Waals surface area contributed by atoms with Gasteiger partial charge in [0.2, 0.25) is 0 Å². The van der Waals surface area contributed by atoms with Gasteiger partial charge < -0.3 is 20.7 Å². The lowest BCUT2D eigenvalue weighted by Gasteiger charge is -2.31. The van der Waals surface area contributed by atoms with Crippen molar-refractivity contribution in [3.05, 3.63) is 41.6 Å². The number of nitrogens with zero attached hydrogens (tertiary/aromatic N) is 3. The summed E-state index contributed by atoms with van der Waals surface area (Å²) in [6, 6.07) is 1.40. The van der Waals surface area contributed by atoms with Gasteiger partial charge in [-0.25, -0.2) is 0 Å². The van der Waals surface area contributed by atoms with E-state index in [2.05, 4.69) is 18.0 Å². The minimum atomic E-state index is -4.95. The number of benzene rings is 1. The fourth-order valence-corrected chi connectivity index (χ4v) is 4.48. The second-order valence-corrected chi connectivity index (χ2v) is 8.61. The molecule has 4 atom stereocenters. The SMILES string of the molecule is C=C(C(N)CN1C[C@@H](Nc2cc(C(F)(F)F)cc(C(F)(F)F)c2)CC1C=O)N1CCCC1C#N.